The summed E-state index contributed by atoms with van der Waals surface area (Å²) in [4.78, 5) is 21.3. The van der Waals surface area contributed by atoms with E-state index in [0.717, 1.165) is 0 Å². The normalized spacial score (nSPS) is 27.0. The van der Waals surface area contributed by atoms with Gasteiger partial charge in [-0.3, -0.25) is 9.59 Å². The topological polar surface area (TPSA) is 34.1 Å². The lowest BCUT2D eigenvalue weighted by Crippen LogP contribution is -2.22. The Morgan fingerprint density at radius 2 is 2.22 bits per heavy atom. The van der Waals surface area contributed by atoms with E-state index >= 15 is 0 Å². The van der Waals surface area contributed by atoms with E-state index in [-0.39, 0.29) is 17.5 Å². The summed E-state index contributed by atoms with van der Waals surface area (Å²) in [5, 5.41) is 0. The van der Waals surface area contributed by atoms with Crippen LogP contribution in [0.4, 0.5) is 0 Å². The van der Waals surface area contributed by atoms with Crippen LogP contribution in [0.1, 0.15) is 13.3 Å². The second-order valence-electron chi connectivity index (χ2n) is 2.21. The van der Waals surface area contributed by atoms with Crippen molar-refractivity contribution in [3.8, 4) is 0 Å². The van der Waals surface area contributed by atoms with Gasteiger partial charge in [-0.15, -0.1) is 0 Å². The van der Waals surface area contributed by atoms with Gasteiger partial charge in [-0.05, 0) is 0 Å². The van der Waals surface area contributed by atoms with Gasteiger partial charge in [-0.1, -0.05) is 19.1 Å². The lowest BCUT2D eigenvalue weighted by atomic mass is 9.95. The zero-order chi connectivity index (χ0) is 6.85. The first-order chi connectivity index (χ1) is 4.22. The highest BCUT2D eigenvalue weighted by atomic mass is 16.2. The third-order valence-corrected chi connectivity index (χ3v) is 1.42. The van der Waals surface area contributed by atoms with E-state index in [1.54, 1.807) is 19.1 Å². The van der Waals surface area contributed by atoms with Gasteiger partial charge in [-0.2, -0.15) is 0 Å². The Balaban J connectivity index is 2.81. The molecular formula is C7H8O2. The molecule has 0 heterocycles. The van der Waals surface area contributed by atoms with Crippen LogP contribution in [0.3, 0.4) is 0 Å². The minimum atomic E-state index is -0.259. The van der Waals surface area contributed by atoms with E-state index in [4.69, 9.17) is 0 Å². The van der Waals surface area contributed by atoms with Crippen LogP contribution in [-0.4, -0.2) is 11.6 Å². The minimum absolute atomic E-state index is 0.189. The highest BCUT2D eigenvalue weighted by Gasteiger charge is 2.20. The van der Waals surface area contributed by atoms with E-state index in [1.807, 2.05) is 0 Å². The standard InChI is InChI=1S/C7H8O2/c1-5-3-2-4-6(8)7(5)9/h2-3,5H,4H2,1H3. The van der Waals surface area contributed by atoms with Crippen LogP contribution in [0.2, 0.25) is 0 Å². The Morgan fingerprint density at radius 1 is 1.56 bits per heavy atom. The van der Waals surface area contributed by atoms with E-state index < -0.39 is 0 Å². The summed E-state index contributed by atoms with van der Waals surface area (Å²) < 4.78 is 0. The molecule has 48 valence electrons. The fourth-order valence-electron chi connectivity index (χ4n) is 0.821. The van der Waals surface area contributed by atoms with Crippen molar-refractivity contribution in [1.29, 1.82) is 0 Å². The maximum atomic E-state index is 10.7. The number of ketones is 2. The fraction of sp³-hybridized carbons (Fsp3) is 0.429. The molecule has 1 unspecified atom stereocenters. The van der Waals surface area contributed by atoms with E-state index in [9.17, 15) is 9.59 Å². The number of hydrogen-bond acceptors (Lipinski definition) is 2. The molecule has 0 saturated carbocycles. The first kappa shape index (κ1) is 6.20. The molecule has 0 aromatic carbocycles. The van der Waals surface area contributed by atoms with Crippen molar-refractivity contribution in [3.05, 3.63) is 12.2 Å². The van der Waals surface area contributed by atoms with Gasteiger partial charge in [-0.25, -0.2) is 0 Å². The van der Waals surface area contributed by atoms with Crippen LogP contribution >= 0.6 is 0 Å². The summed E-state index contributed by atoms with van der Waals surface area (Å²) in [7, 11) is 0. The van der Waals surface area contributed by atoms with Crippen molar-refractivity contribution in [1.82, 2.24) is 0 Å². The zero-order valence-electron chi connectivity index (χ0n) is 5.26. The van der Waals surface area contributed by atoms with E-state index in [1.165, 1.54) is 0 Å². The molecule has 0 aromatic heterocycles. The summed E-state index contributed by atoms with van der Waals surface area (Å²) in [5.41, 5.74) is 0. The Kier molecular flexibility index (Phi) is 1.47. The molecule has 1 rings (SSSR count). The lowest BCUT2D eigenvalue weighted by molar-refractivity contribution is -0.137. The van der Waals surface area contributed by atoms with Crippen LogP contribution in [0, 0.1) is 5.92 Å². The number of Topliss-reactive ketones (excluding diaryl/α,β-unsaturated/α-hetero) is 2. The van der Waals surface area contributed by atoms with Crippen molar-refractivity contribution in [2.75, 3.05) is 0 Å². The molecule has 2 heteroatoms. The number of rotatable bonds is 0. The Bertz CT molecular complexity index is 179. The fourth-order valence-corrected chi connectivity index (χ4v) is 0.821. The third-order valence-electron chi connectivity index (χ3n) is 1.42. The van der Waals surface area contributed by atoms with Gasteiger partial charge in [0.05, 0.1) is 0 Å². The molecule has 0 amide bonds. The molecule has 1 aliphatic rings. The molecular weight excluding hydrogens is 116 g/mol. The molecule has 2 nitrogen and oxygen atoms in total. The highest BCUT2D eigenvalue weighted by molar-refractivity contribution is 6.39. The zero-order valence-corrected chi connectivity index (χ0v) is 5.26. The van der Waals surface area contributed by atoms with Gasteiger partial charge >= 0.3 is 0 Å². The Hall–Kier alpha value is -0.920. The maximum absolute atomic E-state index is 10.7. The van der Waals surface area contributed by atoms with Crippen LogP contribution in [-0.2, 0) is 9.59 Å². The maximum Gasteiger partial charge on any atom is 0.205 e. The number of hydrogen-bond donors (Lipinski definition) is 0. The van der Waals surface area contributed by atoms with Gasteiger partial charge in [0.15, 0.2) is 0 Å². The molecule has 1 atom stereocenters. The number of carbonyl (C=O) groups excluding carboxylic acids is 2. The average molecular weight is 124 g/mol. The van der Waals surface area contributed by atoms with Crippen LogP contribution in [0.25, 0.3) is 0 Å². The van der Waals surface area contributed by atoms with Crippen molar-refractivity contribution < 1.29 is 9.59 Å². The van der Waals surface area contributed by atoms with Gasteiger partial charge in [0.2, 0.25) is 11.6 Å². The number of allylic oxidation sites excluding steroid dienone is 2. The van der Waals surface area contributed by atoms with Crippen molar-refractivity contribution >= 4 is 11.6 Å². The first-order valence-electron chi connectivity index (χ1n) is 2.95. The third kappa shape index (κ3) is 1.07. The molecule has 0 aliphatic heterocycles. The number of carbonyl (C=O) groups is 2. The summed E-state index contributed by atoms with van der Waals surface area (Å²) in [5.74, 6) is -0.700. The summed E-state index contributed by atoms with van der Waals surface area (Å²) in [6, 6.07) is 0. The van der Waals surface area contributed by atoms with Crippen molar-refractivity contribution in [3.63, 3.8) is 0 Å². The van der Waals surface area contributed by atoms with Crippen molar-refractivity contribution in [2.45, 2.75) is 13.3 Å². The van der Waals surface area contributed by atoms with E-state index in [2.05, 4.69) is 0 Å². The molecule has 0 radical (unpaired) electrons. The smallest absolute Gasteiger partial charge is 0.205 e. The van der Waals surface area contributed by atoms with Crippen LogP contribution < -0.4 is 0 Å². The van der Waals surface area contributed by atoms with Gasteiger partial charge in [0, 0.05) is 12.3 Å². The summed E-state index contributed by atoms with van der Waals surface area (Å²) in [6.45, 7) is 1.73. The average Bonchev–Trinajstić information content (AvgIpc) is 1.83. The molecule has 0 spiro atoms. The van der Waals surface area contributed by atoms with Gasteiger partial charge in [0.25, 0.3) is 0 Å². The molecule has 0 fully saturated rings. The highest BCUT2D eigenvalue weighted by Crippen LogP contribution is 2.08. The predicted molar refractivity (Wildman–Crippen MR) is 32.9 cm³/mol. The van der Waals surface area contributed by atoms with E-state index in [0.29, 0.717) is 6.42 Å². The Morgan fingerprint density at radius 3 is 2.67 bits per heavy atom. The molecule has 0 N–H and O–H groups in total. The molecule has 0 bridgehead atoms. The SMILES string of the molecule is CC1C=CCC(=O)C1=O. The van der Waals surface area contributed by atoms with Crippen LogP contribution in [0.15, 0.2) is 12.2 Å². The molecule has 0 aromatic rings. The largest absolute Gasteiger partial charge is 0.291 e. The van der Waals surface area contributed by atoms with Gasteiger partial charge < -0.3 is 0 Å². The lowest BCUT2D eigenvalue weighted by Gasteiger charge is -2.06. The minimum Gasteiger partial charge on any atom is -0.291 e. The van der Waals surface area contributed by atoms with Crippen LogP contribution in [0.5, 0.6) is 0 Å². The Labute approximate surface area is 53.6 Å². The summed E-state index contributed by atoms with van der Waals surface area (Å²) >= 11 is 0. The quantitative estimate of drug-likeness (QED) is 0.352. The first-order valence-corrected chi connectivity index (χ1v) is 2.95. The second kappa shape index (κ2) is 2.13. The molecule has 1 aliphatic carbocycles. The monoisotopic (exact) mass is 124 g/mol. The second-order valence-corrected chi connectivity index (χ2v) is 2.21. The molecule has 9 heavy (non-hydrogen) atoms. The van der Waals surface area contributed by atoms with Crippen molar-refractivity contribution in [2.24, 2.45) is 5.92 Å². The summed E-state index contributed by atoms with van der Waals surface area (Å²) in [6.07, 6.45) is 3.81. The molecule has 0 saturated heterocycles. The van der Waals surface area contributed by atoms with Gasteiger partial charge in [0.1, 0.15) is 0 Å². The predicted octanol–water partition coefficient (Wildman–Crippen LogP) is 0.721.